The molecule has 2 aromatic rings. The van der Waals surface area contributed by atoms with Crippen LogP contribution in [0.15, 0.2) is 36.4 Å². The summed E-state index contributed by atoms with van der Waals surface area (Å²) in [5.74, 6) is -0.692. The Balaban J connectivity index is 2.30. The van der Waals surface area contributed by atoms with Crippen molar-refractivity contribution >= 4 is 45.8 Å². The summed E-state index contributed by atoms with van der Waals surface area (Å²) in [7, 11) is 0. The summed E-state index contributed by atoms with van der Waals surface area (Å²) < 4.78 is 14.0. The first-order valence-corrected chi connectivity index (χ1v) is 6.95. The van der Waals surface area contributed by atoms with Crippen molar-refractivity contribution < 1.29 is 9.18 Å². The fourth-order valence-corrected chi connectivity index (χ4v) is 2.34. The van der Waals surface area contributed by atoms with Gasteiger partial charge in [-0.05, 0) is 65.4 Å². The van der Waals surface area contributed by atoms with E-state index in [1.165, 1.54) is 12.1 Å². The molecule has 0 unspecified atom stereocenters. The number of halogens is 3. The van der Waals surface area contributed by atoms with Crippen LogP contribution < -0.4 is 5.32 Å². The maximum Gasteiger partial charge on any atom is 0.256 e. The Kier molecular flexibility index (Phi) is 4.42. The zero-order valence-corrected chi connectivity index (χ0v) is 12.9. The van der Waals surface area contributed by atoms with Crippen molar-refractivity contribution in [2.45, 2.75) is 6.92 Å². The van der Waals surface area contributed by atoms with Crippen molar-refractivity contribution in [1.82, 2.24) is 0 Å². The number of aryl methyl sites for hydroxylation is 1. The van der Waals surface area contributed by atoms with Gasteiger partial charge in [-0.15, -0.1) is 0 Å². The average Bonchev–Trinajstić information content (AvgIpc) is 2.36. The van der Waals surface area contributed by atoms with Gasteiger partial charge < -0.3 is 5.32 Å². The van der Waals surface area contributed by atoms with Gasteiger partial charge >= 0.3 is 0 Å². The standard InChI is InChI=1S/C14H10ClFINO/c1-8-2-4-10(16)7-13(8)18-14(19)11-6-9(15)3-5-12(11)17/h2-7H,1H3,(H,18,19). The van der Waals surface area contributed by atoms with E-state index in [9.17, 15) is 9.18 Å². The highest BCUT2D eigenvalue weighted by Crippen LogP contribution is 2.21. The van der Waals surface area contributed by atoms with Crippen LogP contribution in [-0.2, 0) is 0 Å². The lowest BCUT2D eigenvalue weighted by Gasteiger charge is -2.10. The molecular weight excluding hydrogens is 380 g/mol. The van der Waals surface area contributed by atoms with Gasteiger partial charge in [0, 0.05) is 14.3 Å². The number of carbonyl (C=O) groups is 1. The van der Waals surface area contributed by atoms with Crippen molar-refractivity contribution in [2.75, 3.05) is 5.32 Å². The predicted molar refractivity (Wildman–Crippen MR) is 83.3 cm³/mol. The molecule has 5 heteroatoms. The molecule has 0 bridgehead atoms. The topological polar surface area (TPSA) is 29.1 Å². The molecule has 1 N–H and O–H groups in total. The van der Waals surface area contributed by atoms with Crippen LogP contribution in [0.2, 0.25) is 5.02 Å². The van der Waals surface area contributed by atoms with E-state index in [0.717, 1.165) is 9.13 Å². The first-order valence-electron chi connectivity index (χ1n) is 5.50. The second-order valence-corrected chi connectivity index (χ2v) is 5.64. The molecule has 0 spiro atoms. The smallest absolute Gasteiger partial charge is 0.256 e. The van der Waals surface area contributed by atoms with Crippen LogP contribution in [0.25, 0.3) is 0 Å². The minimum Gasteiger partial charge on any atom is -0.322 e. The molecule has 1 amide bonds. The summed E-state index contributed by atoms with van der Waals surface area (Å²) in [5.41, 5.74) is 1.73. The van der Waals surface area contributed by atoms with Gasteiger partial charge in [-0.3, -0.25) is 4.79 Å². The molecule has 0 saturated carbocycles. The molecular formula is C14H10ClFINO. The molecule has 0 saturated heterocycles. The minimum absolute atomic E-state index is 0.305. The van der Waals surface area contributed by atoms with Crippen LogP contribution in [0, 0.1) is 16.3 Å². The molecule has 0 heterocycles. The largest absolute Gasteiger partial charge is 0.322 e. The number of hydrogen-bond acceptors (Lipinski definition) is 1. The van der Waals surface area contributed by atoms with Gasteiger partial charge in [-0.1, -0.05) is 17.7 Å². The summed E-state index contributed by atoms with van der Waals surface area (Å²) in [6.45, 7) is 1.80. The van der Waals surface area contributed by atoms with Crippen LogP contribution in [0.3, 0.4) is 0 Å². The van der Waals surface area contributed by atoms with Crippen molar-refractivity contribution in [2.24, 2.45) is 0 Å². The number of anilines is 1. The maximum atomic E-state index is 13.2. The molecule has 0 fully saturated rings. The second-order valence-electron chi connectivity index (χ2n) is 4.04. The first kappa shape index (κ1) is 14.3. The number of rotatable bonds is 2. The average molecular weight is 390 g/mol. The summed E-state index contributed by atoms with van der Waals surface area (Å²) in [6.07, 6.45) is 0. The van der Waals surface area contributed by atoms with Crippen LogP contribution in [-0.4, -0.2) is 5.91 Å². The molecule has 2 aromatic carbocycles. The highest BCUT2D eigenvalue weighted by atomic mass is 127. The Labute approximate surface area is 129 Å². The van der Waals surface area contributed by atoms with E-state index in [0.29, 0.717) is 16.3 Å². The molecule has 0 aliphatic heterocycles. The monoisotopic (exact) mass is 389 g/mol. The highest BCUT2D eigenvalue weighted by Gasteiger charge is 2.12. The van der Waals surface area contributed by atoms with Gasteiger partial charge in [0.05, 0.1) is 5.56 Å². The lowest BCUT2D eigenvalue weighted by Crippen LogP contribution is -2.14. The Morgan fingerprint density at radius 3 is 2.74 bits per heavy atom. The summed E-state index contributed by atoms with van der Waals surface area (Å²) in [6, 6.07) is 9.34. The van der Waals surface area contributed by atoms with E-state index in [1.54, 1.807) is 31.2 Å². The van der Waals surface area contributed by atoms with E-state index in [4.69, 9.17) is 11.6 Å². The fraction of sp³-hybridized carbons (Fsp3) is 0.0714. The van der Waals surface area contributed by atoms with E-state index in [1.807, 2.05) is 0 Å². The van der Waals surface area contributed by atoms with E-state index < -0.39 is 0 Å². The summed E-state index contributed by atoms with van der Waals surface area (Å²) in [4.78, 5) is 12.2. The number of nitrogens with one attached hydrogen (secondary N) is 1. The Morgan fingerprint density at radius 2 is 2.00 bits per heavy atom. The van der Waals surface area contributed by atoms with Crippen molar-refractivity contribution in [3.8, 4) is 0 Å². The third kappa shape index (κ3) is 3.45. The summed E-state index contributed by atoms with van der Waals surface area (Å²) >= 11 is 7.93. The van der Waals surface area contributed by atoms with Crippen LogP contribution in [0.5, 0.6) is 0 Å². The fourth-order valence-electron chi connectivity index (χ4n) is 1.59. The zero-order valence-electron chi connectivity index (χ0n) is 10.0. The third-order valence-corrected chi connectivity index (χ3v) is 3.80. The van der Waals surface area contributed by atoms with E-state index in [2.05, 4.69) is 27.9 Å². The first-order chi connectivity index (χ1) is 8.97. The number of benzene rings is 2. The van der Waals surface area contributed by atoms with Gasteiger partial charge in [0.25, 0.3) is 5.91 Å². The lowest BCUT2D eigenvalue weighted by atomic mass is 10.1. The van der Waals surface area contributed by atoms with Gasteiger partial charge in [-0.2, -0.15) is 0 Å². The molecule has 2 nitrogen and oxygen atoms in total. The van der Waals surface area contributed by atoms with Gasteiger partial charge in [0.2, 0.25) is 0 Å². The van der Waals surface area contributed by atoms with E-state index >= 15 is 0 Å². The van der Waals surface area contributed by atoms with Gasteiger partial charge in [0.15, 0.2) is 0 Å². The van der Waals surface area contributed by atoms with Crippen molar-refractivity contribution in [1.29, 1.82) is 0 Å². The molecule has 0 aliphatic rings. The number of amides is 1. The molecule has 98 valence electrons. The quantitative estimate of drug-likeness (QED) is 0.745. The summed E-state index contributed by atoms with van der Waals surface area (Å²) in [5, 5.41) is 3.18. The zero-order chi connectivity index (χ0) is 14.0. The third-order valence-electron chi connectivity index (χ3n) is 2.62. The Hall–Kier alpha value is -1.14. The molecule has 0 atom stereocenters. The lowest BCUT2D eigenvalue weighted by molar-refractivity contribution is 0.102. The SMILES string of the molecule is Cc1ccc(F)cc1NC(=O)c1cc(Cl)ccc1I. The van der Waals surface area contributed by atoms with Crippen molar-refractivity contribution in [3.05, 3.63) is 61.9 Å². The minimum atomic E-state index is -0.387. The molecule has 0 radical (unpaired) electrons. The molecule has 19 heavy (non-hydrogen) atoms. The Bertz CT molecular complexity index is 645. The maximum absolute atomic E-state index is 13.2. The van der Waals surface area contributed by atoms with Crippen LogP contribution in [0.4, 0.5) is 10.1 Å². The predicted octanol–water partition coefficient (Wildman–Crippen LogP) is 4.64. The van der Waals surface area contributed by atoms with Crippen LogP contribution in [0.1, 0.15) is 15.9 Å². The Morgan fingerprint density at radius 1 is 1.26 bits per heavy atom. The molecule has 2 rings (SSSR count). The van der Waals surface area contributed by atoms with Gasteiger partial charge in [-0.25, -0.2) is 4.39 Å². The van der Waals surface area contributed by atoms with Gasteiger partial charge in [0.1, 0.15) is 5.82 Å². The van der Waals surface area contributed by atoms with Crippen LogP contribution >= 0.6 is 34.2 Å². The van der Waals surface area contributed by atoms with Crippen molar-refractivity contribution in [3.63, 3.8) is 0 Å². The van der Waals surface area contributed by atoms with E-state index in [-0.39, 0.29) is 11.7 Å². The molecule has 0 aliphatic carbocycles. The number of carbonyl (C=O) groups excluding carboxylic acids is 1. The number of hydrogen-bond donors (Lipinski definition) is 1. The second kappa shape index (κ2) is 5.88. The molecule has 0 aromatic heterocycles. The highest BCUT2D eigenvalue weighted by molar-refractivity contribution is 14.1. The normalized spacial score (nSPS) is 10.3.